The number of halogens is 1. The van der Waals surface area contributed by atoms with Crippen molar-refractivity contribution in [2.75, 3.05) is 13.2 Å². The Kier molecular flexibility index (Phi) is 4.82. The largest absolute Gasteiger partial charge is 0.393 e. The third-order valence-electron chi connectivity index (χ3n) is 2.33. The molecule has 0 aromatic heterocycles. The molecule has 1 atom stereocenters. The van der Waals surface area contributed by atoms with Crippen LogP contribution in [-0.2, 0) is 0 Å². The Morgan fingerprint density at radius 1 is 1.53 bits per heavy atom. The number of rotatable bonds is 5. The lowest BCUT2D eigenvalue weighted by molar-refractivity contribution is -0.384. The zero-order valence-corrected chi connectivity index (χ0v) is 10.8. The summed E-state index contributed by atoms with van der Waals surface area (Å²) in [5.74, 6) is -0.626. The molecule has 0 aliphatic heterocycles. The average molecular weight is 289 g/mol. The molecule has 1 unspecified atom stereocenters. The van der Waals surface area contributed by atoms with Gasteiger partial charge in [0.2, 0.25) is 0 Å². The van der Waals surface area contributed by atoms with Crippen LogP contribution in [0.3, 0.4) is 0 Å². The number of non-ortho nitro benzene ring substituents is 1. The van der Waals surface area contributed by atoms with Crippen molar-refractivity contribution in [3.8, 4) is 0 Å². The van der Waals surface area contributed by atoms with E-state index in [1.165, 1.54) is 13.0 Å². The Balaban J connectivity index is 2.85. The van der Waals surface area contributed by atoms with E-state index in [1.807, 2.05) is 0 Å². The minimum absolute atomic E-state index is 0.00735. The van der Waals surface area contributed by atoms with Crippen LogP contribution in [0.15, 0.2) is 18.2 Å². The highest BCUT2D eigenvalue weighted by Gasteiger charge is 2.21. The smallest absolute Gasteiger partial charge is 0.271 e. The van der Waals surface area contributed by atoms with Crippen molar-refractivity contribution >= 4 is 23.2 Å². The molecule has 1 amide bonds. The van der Waals surface area contributed by atoms with Crippen LogP contribution in [0.2, 0.25) is 5.02 Å². The predicted octanol–water partition coefficient (Wildman–Crippen LogP) is 0.721. The molecule has 8 heteroatoms. The first-order valence-electron chi connectivity index (χ1n) is 5.31. The highest BCUT2D eigenvalue weighted by atomic mass is 35.5. The van der Waals surface area contributed by atoms with E-state index in [1.54, 1.807) is 0 Å². The number of benzene rings is 1. The maximum absolute atomic E-state index is 11.7. The van der Waals surface area contributed by atoms with Gasteiger partial charge in [-0.3, -0.25) is 14.9 Å². The summed E-state index contributed by atoms with van der Waals surface area (Å²) in [7, 11) is 0. The maximum atomic E-state index is 11.7. The Labute approximate surface area is 114 Å². The summed E-state index contributed by atoms with van der Waals surface area (Å²) in [6, 6.07) is 3.48. The van der Waals surface area contributed by atoms with E-state index in [0.29, 0.717) is 0 Å². The molecule has 1 aromatic carbocycles. The minimum atomic E-state index is -1.46. The summed E-state index contributed by atoms with van der Waals surface area (Å²) < 4.78 is 0. The molecule has 0 radical (unpaired) electrons. The lowest BCUT2D eigenvalue weighted by atomic mass is 10.1. The fourth-order valence-electron chi connectivity index (χ4n) is 1.24. The van der Waals surface area contributed by atoms with Crippen LogP contribution in [0.4, 0.5) is 5.69 Å². The molecule has 0 heterocycles. The van der Waals surface area contributed by atoms with Gasteiger partial charge in [-0.25, -0.2) is 0 Å². The molecular formula is C11H13ClN2O5. The minimum Gasteiger partial charge on any atom is -0.393 e. The van der Waals surface area contributed by atoms with Crippen LogP contribution < -0.4 is 5.32 Å². The van der Waals surface area contributed by atoms with Gasteiger partial charge in [-0.1, -0.05) is 11.6 Å². The maximum Gasteiger partial charge on any atom is 0.271 e. The standard InChI is InChI=1S/C11H13ClN2O5/c1-11(17,6-15)5-13-10(16)7-2-8(12)4-9(3-7)14(18)19/h2-4,15,17H,5-6H2,1H3,(H,13,16). The Morgan fingerprint density at radius 3 is 2.68 bits per heavy atom. The first-order chi connectivity index (χ1) is 8.75. The summed E-state index contributed by atoms with van der Waals surface area (Å²) >= 11 is 5.68. The summed E-state index contributed by atoms with van der Waals surface area (Å²) in [6.45, 7) is 0.624. The molecular weight excluding hydrogens is 276 g/mol. The molecule has 0 aliphatic carbocycles. The topological polar surface area (TPSA) is 113 Å². The van der Waals surface area contributed by atoms with Gasteiger partial charge in [0.25, 0.3) is 11.6 Å². The van der Waals surface area contributed by atoms with Gasteiger partial charge in [0.05, 0.1) is 11.5 Å². The molecule has 3 N–H and O–H groups in total. The van der Waals surface area contributed by atoms with Gasteiger partial charge in [-0.2, -0.15) is 0 Å². The molecule has 0 saturated carbocycles. The van der Waals surface area contributed by atoms with Crippen LogP contribution in [-0.4, -0.2) is 39.8 Å². The molecule has 104 valence electrons. The number of carbonyl (C=O) groups is 1. The van der Waals surface area contributed by atoms with Crippen LogP contribution in [0.5, 0.6) is 0 Å². The van der Waals surface area contributed by atoms with Gasteiger partial charge in [0.1, 0.15) is 5.60 Å². The highest BCUT2D eigenvalue weighted by Crippen LogP contribution is 2.20. The van der Waals surface area contributed by atoms with Gasteiger partial charge in [-0.05, 0) is 13.0 Å². The fourth-order valence-corrected chi connectivity index (χ4v) is 1.47. The van der Waals surface area contributed by atoms with Crippen molar-refractivity contribution < 1.29 is 19.9 Å². The number of nitrogens with one attached hydrogen (secondary N) is 1. The van der Waals surface area contributed by atoms with Crippen LogP contribution >= 0.6 is 11.6 Å². The second kappa shape index (κ2) is 5.96. The summed E-state index contributed by atoms with van der Waals surface area (Å²) in [6.07, 6.45) is 0. The Bertz CT molecular complexity index is 504. The first kappa shape index (κ1) is 15.4. The van der Waals surface area contributed by atoms with E-state index in [2.05, 4.69) is 5.32 Å². The monoisotopic (exact) mass is 288 g/mol. The van der Waals surface area contributed by atoms with Crippen molar-refractivity contribution in [2.45, 2.75) is 12.5 Å². The van der Waals surface area contributed by atoms with Crippen molar-refractivity contribution in [1.29, 1.82) is 0 Å². The number of aliphatic hydroxyl groups excluding tert-OH is 1. The number of aliphatic hydroxyl groups is 2. The molecule has 1 rings (SSSR count). The molecule has 19 heavy (non-hydrogen) atoms. The second-order valence-corrected chi connectivity index (χ2v) is 4.73. The number of nitrogens with zero attached hydrogens (tertiary/aromatic N) is 1. The van der Waals surface area contributed by atoms with Crippen molar-refractivity contribution in [3.05, 3.63) is 38.9 Å². The number of nitro benzene ring substituents is 1. The van der Waals surface area contributed by atoms with Crippen LogP contribution in [0, 0.1) is 10.1 Å². The normalized spacial score (nSPS) is 13.7. The van der Waals surface area contributed by atoms with Crippen molar-refractivity contribution in [2.24, 2.45) is 0 Å². The zero-order chi connectivity index (χ0) is 14.6. The van der Waals surface area contributed by atoms with Crippen LogP contribution in [0.1, 0.15) is 17.3 Å². The number of nitro groups is 1. The summed E-state index contributed by atoms with van der Waals surface area (Å²) in [4.78, 5) is 21.7. The van der Waals surface area contributed by atoms with E-state index in [-0.39, 0.29) is 22.8 Å². The lowest BCUT2D eigenvalue weighted by Gasteiger charge is -2.20. The Hall–Kier alpha value is -1.70. The van der Waals surface area contributed by atoms with Crippen molar-refractivity contribution in [3.63, 3.8) is 0 Å². The predicted molar refractivity (Wildman–Crippen MR) is 68.1 cm³/mol. The van der Waals surface area contributed by atoms with E-state index < -0.39 is 23.0 Å². The van der Waals surface area contributed by atoms with Gasteiger partial charge >= 0.3 is 0 Å². The van der Waals surface area contributed by atoms with Crippen LogP contribution in [0.25, 0.3) is 0 Å². The van der Waals surface area contributed by atoms with E-state index in [0.717, 1.165) is 12.1 Å². The molecule has 1 aromatic rings. The molecule has 0 spiro atoms. The van der Waals surface area contributed by atoms with E-state index >= 15 is 0 Å². The number of hydrogen-bond acceptors (Lipinski definition) is 5. The first-order valence-corrected chi connectivity index (χ1v) is 5.69. The average Bonchev–Trinajstić information content (AvgIpc) is 2.35. The highest BCUT2D eigenvalue weighted by molar-refractivity contribution is 6.31. The van der Waals surface area contributed by atoms with E-state index in [4.69, 9.17) is 16.7 Å². The SMILES string of the molecule is CC(O)(CO)CNC(=O)c1cc(Cl)cc([N+](=O)[O-])c1. The van der Waals surface area contributed by atoms with Crippen molar-refractivity contribution in [1.82, 2.24) is 5.32 Å². The van der Waals surface area contributed by atoms with E-state index in [9.17, 15) is 20.0 Å². The molecule has 0 fully saturated rings. The van der Waals surface area contributed by atoms with Gasteiger partial charge in [0, 0.05) is 29.3 Å². The van der Waals surface area contributed by atoms with Gasteiger partial charge in [0.15, 0.2) is 0 Å². The lowest BCUT2D eigenvalue weighted by Crippen LogP contribution is -2.43. The number of amides is 1. The molecule has 7 nitrogen and oxygen atoms in total. The number of carbonyl (C=O) groups excluding carboxylic acids is 1. The van der Waals surface area contributed by atoms with Gasteiger partial charge < -0.3 is 15.5 Å². The number of hydrogen-bond donors (Lipinski definition) is 3. The third kappa shape index (κ3) is 4.47. The molecule has 0 saturated heterocycles. The van der Waals surface area contributed by atoms with Gasteiger partial charge in [-0.15, -0.1) is 0 Å². The Morgan fingerprint density at radius 2 is 2.16 bits per heavy atom. The quantitative estimate of drug-likeness (QED) is 0.546. The summed E-state index contributed by atoms with van der Waals surface area (Å²) in [5, 5.41) is 31.4. The second-order valence-electron chi connectivity index (χ2n) is 4.29. The fraction of sp³-hybridized carbons (Fsp3) is 0.364. The third-order valence-corrected chi connectivity index (χ3v) is 2.54. The molecule has 0 aliphatic rings. The summed E-state index contributed by atoms with van der Waals surface area (Å²) in [5.41, 5.74) is -1.75. The zero-order valence-electron chi connectivity index (χ0n) is 10.1. The molecule has 0 bridgehead atoms.